The fourth-order valence-electron chi connectivity index (χ4n) is 2.46. The first kappa shape index (κ1) is 13.4. The molecular formula is C15H23NO2. The van der Waals surface area contributed by atoms with Crippen LogP contribution in [-0.2, 0) is 0 Å². The number of aliphatic hydroxyl groups excluding tert-OH is 1. The van der Waals surface area contributed by atoms with Crippen molar-refractivity contribution in [2.75, 3.05) is 13.2 Å². The molecule has 18 heavy (non-hydrogen) atoms. The highest BCUT2D eigenvalue weighted by atomic mass is 16.5. The minimum absolute atomic E-state index is 0.191. The molecule has 3 heteroatoms. The van der Waals surface area contributed by atoms with Crippen LogP contribution in [0.5, 0.6) is 5.75 Å². The number of rotatable bonds is 5. The Morgan fingerprint density at radius 2 is 1.89 bits per heavy atom. The van der Waals surface area contributed by atoms with Gasteiger partial charge in [0, 0.05) is 12.6 Å². The third-order valence-corrected chi connectivity index (χ3v) is 3.50. The van der Waals surface area contributed by atoms with Gasteiger partial charge < -0.3 is 15.2 Å². The third kappa shape index (κ3) is 4.31. The number of hydrogen-bond donors (Lipinski definition) is 2. The molecule has 0 radical (unpaired) electrons. The van der Waals surface area contributed by atoms with Crippen molar-refractivity contribution >= 4 is 0 Å². The average Bonchev–Trinajstić information content (AvgIpc) is 2.61. The van der Waals surface area contributed by atoms with Gasteiger partial charge in [-0.2, -0.15) is 0 Å². The first-order valence-corrected chi connectivity index (χ1v) is 6.95. The Morgan fingerprint density at radius 1 is 1.11 bits per heavy atom. The summed E-state index contributed by atoms with van der Waals surface area (Å²) in [6.07, 6.45) is 5.43. The molecule has 2 unspecified atom stereocenters. The summed E-state index contributed by atoms with van der Waals surface area (Å²) in [4.78, 5) is 0. The molecule has 2 N–H and O–H groups in total. The molecule has 2 atom stereocenters. The fourth-order valence-corrected chi connectivity index (χ4v) is 2.46. The zero-order valence-electron chi connectivity index (χ0n) is 10.8. The van der Waals surface area contributed by atoms with Crippen LogP contribution < -0.4 is 10.1 Å². The maximum atomic E-state index is 9.96. The van der Waals surface area contributed by atoms with Crippen LogP contribution in [0.15, 0.2) is 30.3 Å². The van der Waals surface area contributed by atoms with Crippen LogP contribution in [0.1, 0.15) is 32.1 Å². The van der Waals surface area contributed by atoms with Crippen molar-refractivity contribution in [2.45, 2.75) is 44.2 Å². The molecule has 0 bridgehead atoms. The monoisotopic (exact) mass is 249 g/mol. The molecule has 0 aromatic heterocycles. The van der Waals surface area contributed by atoms with Crippen LogP contribution >= 0.6 is 0 Å². The van der Waals surface area contributed by atoms with Crippen LogP contribution in [0.3, 0.4) is 0 Å². The van der Waals surface area contributed by atoms with Gasteiger partial charge in [-0.1, -0.05) is 37.5 Å². The summed E-state index contributed by atoms with van der Waals surface area (Å²) in [6.45, 7) is 1.43. The Bertz CT molecular complexity index is 329. The zero-order valence-corrected chi connectivity index (χ0v) is 10.8. The molecule has 1 aliphatic carbocycles. The summed E-state index contributed by atoms with van der Waals surface area (Å²) in [6, 6.07) is 10.1. The summed E-state index contributed by atoms with van der Waals surface area (Å²) in [5.74, 6) is 0.903. The van der Waals surface area contributed by atoms with E-state index in [4.69, 9.17) is 4.74 Å². The lowest BCUT2D eigenvalue weighted by atomic mass is 10.1. The smallest absolute Gasteiger partial charge is 0.119 e. The topological polar surface area (TPSA) is 41.5 Å². The quantitative estimate of drug-likeness (QED) is 0.622. The Balaban J connectivity index is 1.65. The molecule has 0 heterocycles. The van der Waals surface area contributed by atoms with E-state index in [-0.39, 0.29) is 12.1 Å². The first-order valence-electron chi connectivity index (χ1n) is 6.95. The van der Waals surface area contributed by atoms with Crippen molar-refractivity contribution in [3.05, 3.63) is 30.3 Å². The lowest BCUT2D eigenvalue weighted by Crippen LogP contribution is -2.41. The van der Waals surface area contributed by atoms with Gasteiger partial charge in [-0.15, -0.1) is 0 Å². The van der Waals surface area contributed by atoms with E-state index >= 15 is 0 Å². The number of aliphatic hydroxyl groups is 1. The van der Waals surface area contributed by atoms with Crippen LogP contribution in [0.2, 0.25) is 0 Å². The lowest BCUT2D eigenvalue weighted by Gasteiger charge is -2.21. The van der Waals surface area contributed by atoms with Crippen LogP contribution in [-0.4, -0.2) is 30.4 Å². The highest BCUT2D eigenvalue weighted by molar-refractivity contribution is 5.20. The molecule has 2 rings (SSSR count). The Morgan fingerprint density at radius 3 is 2.72 bits per heavy atom. The van der Waals surface area contributed by atoms with Gasteiger partial charge in [0.05, 0.1) is 6.10 Å². The molecule has 0 aliphatic heterocycles. The minimum atomic E-state index is -0.191. The van der Waals surface area contributed by atoms with Gasteiger partial charge in [0.25, 0.3) is 0 Å². The Kier molecular flexibility index (Phi) is 5.49. The zero-order chi connectivity index (χ0) is 12.6. The second-order valence-corrected chi connectivity index (χ2v) is 4.93. The van der Waals surface area contributed by atoms with E-state index in [9.17, 15) is 5.11 Å². The molecule has 1 aromatic rings. The first-order chi connectivity index (χ1) is 8.86. The van der Waals surface area contributed by atoms with Crippen LogP contribution in [0, 0.1) is 0 Å². The summed E-state index contributed by atoms with van der Waals surface area (Å²) in [5.41, 5.74) is 0. The van der Waals surface area contributed by atoms with E-state index in [1.807, 2.05) is 30.3 Å². The maximum Gasteiger partial charge on any atom is 0.119 e. The second-order valence-electron chi connectivity index (χ2n) is 4.93. The van der Waals surface area contributed by atoms with Gasteiger partial charge in [-0.25, -0.2) is 0 Å². The number of ether oxygens (including phenoxy) is 1. The highest BCUT2D eigenvalue weighted by Gasteiger charge is 2.20. The predicted molar refractivity (Wildman–Crippen MR) is 72.8 cm³/mol. The van der Waals surface area contributed by atoms with Crippen molar-refractivity contribution in [1.82, 2.24) is 5.32 Å². The Labute approximate surface area is 109 Å². The van der Waals surface area contributed by atoms with Gasteiger partial charge in [0.1, 0.15) is 12.4 Å². The lowest BCUT2D eigenvalue weighted by molar-refractivity contribution is 0.117. The third-order valence-electron chi connectivity index (χ3n) is 3.50. The minimum Gasteiger partial charge on any atom is -0.492 e. The average molecular weight is 249 g/mol. The van der Waals surface area contributed by atoms with Gasteiger partial charge in [-0.05, 0) is 25.0 Å². The summed E-state index contributed by atoms with van der Waals surface area (Å²) in [7, 11) is 0. The number of hydrogen-bond acceptors (Lipinski definition) is 3. The molecule has 0 saturated heterocycles. The van der Waals surface area contributed by atoms with E-state index in [1.165, 1.54) is 12.8 Å². The molecule has 1 saturated carbocycles. The molecule has 1 fully saturated rings. The SMILES string of the molecule is OC1CCCCCC1NCCOc1ccccc1. The Hall–Kier alpha value is -1.06. The van der Waals surface area contributed by atoms with Crippen molar-refractivity contribution < 1.29 is 9.84 Å². The summed E-state index contributed by atoms with van der Waals surface area (Å²) < 4.78 is 5.62. The van der Waals surface area contributed by atoms with E-state index in [0.29, 0.717) is 6.61 Å². The maximum absolute atomic E-state index is 9.96. The fraction of sp³-hybridized carbons (Fsp3) is 0.600. The van der Waals surface area contributed by atoms with Crippen LogP contribution in [0.25, 0.3) is 0 Å². The molecular weight excluding hydrogens is 226 g/mol. The molecule has 1 aliphatic rings. The molecule has 3 nitrogen and oxygen atoms in total. The van der Waals surface area contributed by atoms with Crippen molar-refractivity contribution in [1.29, 1.82) is 0 Å². The predicted octanol–water partition coefficient (Wildman–Crippen LogP) is 2.35. The summed E-state index contributed by atoms with van der Waals surface area (Å²) >= 11 is 0. The van der Waals surface area contributed by atoms with Crippen LogP contribution in [0.4, 0.5) is 0 Å². The van der Waals surface area contributed by atoms with Crippen molar-refractivity contribution in [3.8, 4) is 5.75 Å². The number of para-hydroxylation sites is 1. The molecule has 0 amide bonds. The number of nitrogens with one attached hydrogen (secondary N) is 1. The van der Waals surface area contributed by atoms with E-state index in [0.717, 1.165) is 31.6 Å². The highest BCUT2D eigenvalue weighted by Crippen LogP contribution is 2.17. The van der Waals surface area contributed by atoms with E-state index < -0.39 is 0 Å². The molecule has 0 spiro atoms. The number of benzene rings is 1. The van der Waals surface area contributed by atoms with Gasteiger partial charge in [0.15, 0.2) is 0 Å². The molecule has 100 valence electrons. The van der Waals surface area contributed by atoms with Gasteiger partial charge >= 0.3 is 0 Å². The summed E-state index contributed by atoms with van der Waals surface area (Å²) in [5, 5.41) is 13.4. The van der Waals surface area contributed by atoms with Crippen molar-refractivity contribution in [3.63, 3.8) is 0 Å². The van der Waals surface area contributed by atoms with Gasteiger partial charge in [-0.3, -0.25) is 0 Å². The van der Waals surface area contributed by atoms with Gasteiger partial charge in [0.2, 0.25) is 0 Å². The normalized spacial score (nSPS) is 24.5. The largest absolute Gasteiger partial charge is 0.492 e. The van der Waals surface area contributed by atoms with Crippen molar-refractivity contribution in [2.24, 2.45) is 0 Å². The molecule has 1 aromatic carbocycles. The van der Waals surface area contributed by atoms with E-state index in [2.05, 4.69) is 5.32 Å². The standard InChI is InChI=1S/C15H23NO2/c17-15-10-6-2-5-9-14(15)16-11-12-18-13-7-3-1-4-8-13/h1,3-4,7-8,14-17H,2,5-6,9-12H2. The van der Waals surface area contributed by atoms with E-state index in [1.54, 1.807) is 0 Å². The second kappa shape index (κ2) is 7.39.